The van der Waals surface area contributed by atoms with Gasteiger partial charge in [-0.15, -0.1) is 0 Å². The van der Waals surface area contributed by atoms with E-state index < -0.39 is 0 Å². The van der Waals surface area contributed by atoms with Crippen LogP contribution in [0.2, 0.25) is 0 Å². The molecule has 2 N–H and O–H groups in total. The number of ether oxygens (including phenoxy) is 1. The van der Waals surface area contributed by atoms with E-state index in [-0.39, 0.29) is 17.6 Å². The summed E-state index contributed by atoms with van der Waals surface area (Å²) in [5.74, 6) is 2.04. The predicted molar refractivity (Wildman–Crippen MR) is 107 cm³/mol. The first kappa shape index (κ1) is 17.1. The van der Waals surface area contributed by atoms with Gasteiger partial charge >= 0.3 is 0 Å². The van der Waals surface area contributed by atoms with E-state index in [1.165, 1.54) is 0 Å². The Morgan fingerprint density at radius 2 is 1.79 bits per heavy atom. The Balaban J connectivity index is 1.51. The molecule has 0 atom stereocenters. The zero-order chi connectivity index (χ0) is 19.8. The lowest BCUT2D eigenvalue weighted by Crippen LogP contribution is -2.15. The van der Waals surface area contributed by atoms with Crippen LogP contribution in [0.5, 0.6) is 5.75 Å². The number of hydrogen-bond acceptors (Lipinski definition) is 9. The minimum Gasteiger partial charge on any atom is -0.492 e. The van der Waals surface area contributed by atoms with E-state index in [9.17, 15) is 0 Å². The zero-order valence-corrected chi connectivity index (χ0v) is 15.6. The van der Waals surface area contributed by atoms with Gasteiger partial charge in [-0.25, -0.2) is 0 Å². The molecule has 4 aromatic rings. The Morgan fingerprint density at radius 1 is 0.931 bits per heavy atom. The van der Waals surface area contributed by atoms with Crippen LogP contribution in [0.4, 0.5) is 17.6 Å². The average Bonchev–Trinajstić information content (AvgIpc) is 3.43. The van der Waals surface area contributed by atoms with E-state index in [1.54, 1.807) is 4.90 Å². The summed E-state index contributed by atoms with van der Waals surface area (Å²) >= 11 is 0. The lowest BCUT2D eigenvalue weighted by Gasteiger charge is -2.17. The van der Waals surface area contributed by atoms with E-state index in [1.807, 2.05) is 55.6 Å². The molecule has 0 unspecified atom stereocenters. The van der Waals surface area contributed by atoms with Crippen molar-refractivity contribution in [2.45, 2.75) is 6.42 Å². The van der Waals surface area contributed by atoms with Crippen LogP contribution >= 0.6 is 0 Å². The van der Waals surface area contributed by atoms with E-state index >= 15 is 0 Å². The summed E-state index contributed by atoms with van der Waals surface area (Å²) in [5.41, 5.74) is 8.70. The number of rotatable bonds is 4. The van der Waals surface area contributed by atoms with Crippen LogP contribution in [-0.4, -0.2) is 38.7 Å². The molecular formula is C20H17N7O2. The van der Waals surface area contributed by atoms with Crippen LogP contribution in [0.15, 0.2) is 53.1 Å². The molecule has 0 spiro atoms. The zero-order valence-electron chi connectivity index (χ0n) is 15.6. The monoisotopic (exact) mass is 387 g/mol. The molecule has 3 heterocycles. The van der Waals surface area contributed by atoms with Crippen LogP contribution in [0, 0.1) is 0 Å². The van der Waals surface area contributed by atoms with Crippen molar-refractivity contribution >= 4 is 17.6 Å². The molecule has 1 aliphatic rings. The average molecular weight is 387 g/mol. The third-order valence-corrected chi connectivity index (χ3v) is 4.66. The number of nitrogen functional groups attached to an aromatic ring is 1. The standard InChI is InChI=1S/C20H17N7O2/c1-27(13-7-3-2-4-8-13)20-24-16(23-19(21)25-20)17-22-18(29-26-17)14-9-5-6-12-10-11-28-15(12)14/h2-9H,10-11H2,1H3,(H2,21,23,24,25). The number of fused-ring (bicyclic) bond motifs is 1. The minimum absolute atomic E-state index is 0.0723. The van der Waals surface area contributed by atoms with Crippen molar-refractivity contribution in [3.63, 3.8) is 0 Å². The minimum atomic E-state index is 0.0723. The van der Waals surface area contributed by atoms with Crippen molar-refractivity contribution in [2.75, 3.05) is 24.3 Å². The van der Waals surface area contributed by atoms with Crippen molar-refractivity contribution in [3.05, 3.63) is 54.1 Å². The quantitative estimate of drug-likeness (QED) is 0.564. The van der Waals surface area contributed by atoms with Crippen LogP contribution in [0.3, 0.4) is 0 Å². The topological polar surface area (TPSA) is 116 Å². The molecule has 2 aromatic heterocycles. The second-order valence-electron chi connectivity index (χ2n) is 6.53. The summed E-state index contributed by atoms with van der Waals surface area (Å²) < 4.78 is 11.2. The third-order valence-electron chi connectivity index (χ3n) is 4.66. The molecule has 2 aromatic carbocycles. The Hall–Kier alpha value is -4.01. The molecule has 0 aliphatic carbocycles. The van der Waals surface area contributed by atoms with Gasteiger partial charge in [0.1, 0.15) is 5.75 Å². The lowest BCUT2D eigenvalue weighted by molar-refractivity contribution is 0.355. The Morgan fingerprint density at radius 3 is 2.66 bits per heavy atom. The largest absolute Gasteiger partial charge is 0.492 e. The van der Waals surface area contributed by atoms with Gasteiger partial charge in [0.25, 0.3) is 5.89 Å². The number of nitrogens with zero attached hydrogens (tertiary/aromatic N) is 6. The highest BCUT2D eigenvalue weighted by Crippen LogP contribution is 2.36. The van der Waals surface area contributed by atoms with Gasteiger partial charge in [-0.3, -0.25) is 0 Å². The fourth-order valence-electron chi connectivity index (χ4n) is 3.21. The Labute approximate surface area is 166 Å². The molecule has 0 saturated heterocycles. The van der Waals surface area contributed by atoms with Crippen LogP contribution in [0.1, 0.15) is 5.56 Å². The van der Waals surface area contributed by atoms with Crippen molar-refractivity contribution in [1.29, 1.82) is 0 Å². The fraction of sp³-hybridized carbons (Fsp3) is 0.150. The molecule has 0 radical (unpaired) electrons. The number of hydrogen-bond donors (Lipinski definition) is 1. The molecule has 0 saturated carbocycles. The maximum absolute atomic E-state index is 5.91. The van der Waals surface area contributed by atoms with Crippen molar-refractivity contribution < 1.29 is 9.26 Å². The van der Waals surface area contributed by atoms with Gasteiger partial charge in [-0.1, -0.05) is 35.5 Å². The highest BCUT2D eigenvalue weighted by molar-refractivity contribution is 5.67. The summed E-state index contributed by atoms with van der Waals surface area (Å²) in [6, 6.07) is 15.6. The van der Waals surface area contributed by atoms with Gasteiger partial charge < -0.3 is 19.9 Å². The second-order valence-corrected chi connectivity index (χ2v) is 6.53. The number of nitrogens with two attached hydrogens (primary N) is 1. The van der Waals surface area contributed by atoms with Crippen molar-refractivity contribution in [1.82, 2.24) is 25.1 Å². The van der Waals surface area contributed by atoms with Gasteiger partial charge in [0.2, 0.25) is 23.5 Å². The molecule has 1 aliphatic heterocycles. The summed E-state index contributed by atoms with van der Waals surface area (Å²) in [5, 5.41) is 4.03. The molecule has 5 rings (SSSR count). The first-order chi connectivity index (χ1) is 14.2. The summed E-state index contributed by atoms with van der Waals surface area (Å²) in [7, 11) is 1.85. The number of anilines is 3. The molecule has 144 valence electrons. The SMILES string of the molecule is CN(c1ccccc1)c1nc(N)nc(-c2noc(-c3cccc4c3OCC4)n2)n1. The number of benzene rings is 2. The molecule has 9 heteroatoms. The van der Waals surface area contributed by atoms with Gasteiger partial charge in [-0.2, -0.15) is 19.9 Å². The molecule has 29 heavy (non-hydrogen) atoms. The molecule has 0 fully saturated rings. The van der Waals surface area contributed by atoms with Gasteiger partial charge in [0.05, 0.1) is 12.2 Å². The van der Waals surface area contributed by atoms with Crippen LogP contribution in [-0.2, 0) is 6.42 Å². The first-order valence-electron chi connectivity index (χ1n) is 9.08. The molecule has 9 nitrogen and oxygen atoms in total. The van der Waals surface area contributed by atoms with Gasteiger partial charge in [0, 0.05) is 19.2 Å². The Kier molecular flexibility index (Phi) is 4.05. The van der Waals surface area contributed by atoms with Crippen LogP contribution in [0.25, 0.3) is 23.1 Å². The highest BCUT2D eigenvalue weighted by Gasteiger charge is 2.22. The van der Waals surface area contributed by atoms with Crippen molar-refractivity contribution in [3.8, 4) is 28.9 Å². The summed E-state index contributed by atoms with van der Waals surface area (Å²) in [4.78, 5) is 19.1. The highest BCUT2D eigenvalue weighted by atomic mass is 16.5. The lowest BCUT2D eigenvalue weighted by atomic mass is 10.1. The Bertz CT molecular complexity index is 1180. The van der Waals surface area contributed by atoms with E-state index in [4.69, 9.17) is 15.0 Å². The summed E-state index contributed by atoms with van der Waals surface area (Å²) in [6.07, 6.45) is 0.864. The van der Waals surface area contributed by atoms with E-state index in [0.29, 0.717) is 18.4 Å². The maximum atomic E-state index is 5.91. The van der Waals surface area contributed by atoms with Crippen LogP contribution < -0.4 is 15.4 Å². The third kappa shape index (κ3) is 3.12. The van der Waals surface area contributed by atoms with Gasteiger partial charge in [-0.05, 0) is 23.8 Å². The maximum Gasteiger partial charge on any atom is 0.262 e. The normalized spacial score (nSPS) is 12.4. The van der Waals surface area contributed by atoms with Gasteiger partial charge in [0.15, 0.2) is 0 Å². The van der Waals surface area contributed by atoms with E-state index in [0.717, 1.165) is 29.0 Å². The van der Waals surface area contributed by atoms with Crippen molar-refractivity contribution in [2.24, 2.45) is 0 Å². The second kappa shape index (κ2) is 6.86. The molecule has 0 amide bonds. The number of para-hydroxylation sites is 2. The summed E-state index contributed by atoms with van der Waals surface area (Å²) in [6.45, 7) is 0.645. The fourth-order valence-corrected chi connectivity index (χ4v) is 3.21. The smallest absolute Gasteiger partial charge is 0.262 e. The van der Waals surface area contributed by atoms with E-state index in [2.05, 4.69) is 25.1 Å². The first-order valence-corrected chi connectivity index (χ1v) is 9.08. The molecule has 0 bridgehead atoms. The predicted octanol–water partition coefficient (Wildman–Crippen LogP) is 2.87. The molecular weight excluding hydrogens is 370 g/mol. The number of aromatic nitrogens is 5.